The van der Waals surface area contributed by atoms with Crippen LogP contribution >= 0.6 is 0 Å². The lowest BCUT2D eigenvalue weighted by atomic mass is 10.2. The first-order valence-electron chi connectivity index (χ1n) is 3.77. The SMILES string of the molecule is O=C1CCCCC(=O)OOCO1. The molecule has 5 heteroatoms. The summed E-state index contributed by atoms with van der Waals surface area (Å²) in [5.41, 5.74) is 0. The van der Waals surface area contributed by atoms with E-state index in [9.17, 15) is 9.59 Å². The molecular formula is C7H10O5. The summed E-state index contributed by atoms with van der Waals surface area (Å²) < 4.78 is 4.53. The lowest BCUT2D eigenvalue weighted by Crippen LogP contribution is -2.13. The van der Waals surface area contributed by atoms with E-state index in [0.29, 0.717) is 19.3 Å². The van der Waals surface area contributed by atoms with E-state index in [1.807, 2.05) is 0 Å². The molecule has 1 rings (SSSR count). The van der Waals surface area contributed by atoms with Gasteiger partial charge in [0.05, 0.1) is 0 Å². The van der Waals surface area contributed by atoms with Crippen LogP contribution in [0.4, 0.5) is 0 Å². The highest BCUT2D eigenvalue weighted by molar-refractivity contribution is 5.70. The Morgan fingerprint density at radius 2 is 1.67 bits per heavy atom. The van der Waals surface area contributed by atoms with Gasteiger partial charge in [-0.2, -0.15) is 0 Å². The smallest absolute Gasteiger partial charge is 0.342 e. The van der Waals surface area contributed by atoms with Crippen molar-refractivity contribution in [3.8, 4) is 0 Å². The monoisotopic (exact) mass is 174 g/mol. The van der Waals surface area contributed by atoms with Gasteiger partial charge in [0.2, 0.25) is 6.79 Å². The summed E-state index contributed by atoms with van der Waals surface area (Å²) in [4.78, 5) is 30.0. The van der Waals surface area contributed by atoms with Gasteiger partial charge in [0, 0.05) is 12.8 Å². The zero-order valence-corrected chi connectivity index (χ0v) is 6.58. The second-order valence-electron chi connectivity index (χ2n) is 2.41. The molecule has 1 aliphatic rings. The third kappa shape index (κ3) is 3.34. The van der Waals surface area contributed by atoms with Gasteiger partial charge in [-0.25, -0.2) is 4.79 Å². The van der Waals surface area contributed by atoms with Crippen LogP contribution in [0.5, 0.6) is 0 Å². The van der Waals surface area contributed by atoms with Crippen molar-refractivity contribution < 1.29 is 24.1 Å². The Labute approximate surface area is 69.5 Å². The molecule has 0 unspecified atom stereocenters. The lowest BCUT2D eigenvalue weighted by molar-refractivity contribution is -0.306. The van der Waals surface area contributed by atoms with Gasteiger partial charge in [0.25, 0.3) is 0 Å². The van der Waals surface area contributed by atoms with E-state index in [1.165, 1.54) is 0 Å². The van der Waals surface area contributed by atoms with Crippen molar-refractivity contribution in [1.29, 1.82) is 0 Å². The van der Waals surface area contributed by atoms with E-state index in [1.54, 1.807) is 0 Å². The molecule has 5 nitrogen and oxygen atoms in total. The molecule has 68 valence electrons. The molecule has 0 bridgehead atoms. The van der Waals surface area contributed by atoms with E-state index >= 15 is 0 Å². The molecule has 1 saturated heterocycles. The Balaban J connectivity index is 2.29. The zero-order chi connectivity index (χ0) is 8.81. The molecule has 0 spiro atoms. The maximum absolute atomic E-state index is 10.7. The van der Waals surface area contributed by atoms with Crippen molar-refractivity contribution in [2.45, 2.75) is 25.7 Å². The van der Waals surface area contributed by atoms with Crippen LogP contribution in [0.15, 0.2) is 0 Å². The summed E-state index contributed by atoms with van der Waals surface area (Å²) in [6, 6.07) is 0. The maximum Gasteiger partial charge on any atom is 0.342 e. The Morgan fingerprint density at radius 1 is 1.00 bits per heavy atom. The van der Waals surface area contributed by atoms with Gasteiger partial charge in [-0.15, -0.1) is 4.89 Å². The van der Waals surface area contributed by atoms with Crippen LogP contribution in [0.1, 0.15) is 25.7 Å². The van der Waals surface area contributed by atoms with Crippen LogP contribution < -0.4 is 0 Å². The maximum atomic E-state index is 10.7. The van der Waals surface area contributed by atoms with Crippen molar-refractivity contribution in [3.05, 3.63) is 0 Å². The summed E-state index contributed by atoms with van der Waals surface area (Å²) in [5, 5.41) is 0. The summed E-state index contributed by atoms with van der Waals surface area (Å²) >= 11 is 0. The van der Waals surface area contributed by atoms with E-state index in [2.05, 4.69) is 14.5 Å². The first-order chi connectivity index (χ1) is 5.79. The van der Waals surface area contributed by atoms with E-state index in [4.69, 9.17) is 0 Å². The third-order valence-electron chi connectivity index (χ3n) is 1.43. The number of hydrogen-bond donors (Lipinski definition) is 0. The topological polar surface area (TPSA) is 61.8 Å². The molecular weight excluding hydrogens is 164 g/mol. The number of esters is 1. The number of hydrogen-bond acceptors (Lipinski definition) is 5. The molecule has 0 aromatic carbocycles. The average Bonchev–Trinajstić information content (AvgIpc) is 2.06. The van der Waals surface area contributed by atoms with Gasteiger partial charge in [-0.1, -0.05) is 0 Å². The number of carbonyl (C=O) groups excluding carboxylic acids is 2. The van der Waals surface area contributed by atoms with E-state index in [0.717, 1.165) is 0 Å². The van der Waals surface area contributed by atoms with Crippen molar-refractivity contribution >= 4 is 11.9 Å². The number of rotatable bonds is 0. The van der Waals surface area contributed by atoms with Crippen molar-refractivity contribution in [2.24, 2.45) is 0 Å². The van der Waals surface area contributed by atoms with Gasteiger partial charge in [0.15, 0.2) is 0 Å². The molecule has 0 aromatic heterocycles. The Morgan fingerprint density at radius 3 is 2.42 bits per heavy atom. The summed E-state index contributed by atoms with van der Waals surface area (Å²) in [5.74, 6) is -0.749. The first kappa shape index (κ1) is 8.99. The molecule has 0 saturated carbocycles. The van der Waals surface area contributed by atoms with Crippen molar-refractivity contribution in [3.63, 3.8) is 0 Å². The molecule has 0 radical (unpaired) electrons. The molecule has 0 N–H and O–H groups in total. The molecule has 0 aromatic rings. The number of cyclic esters (lactones) is 1. The normalized spacial score (nSPS) is 21.0. The summed E-state index contributed by atoms with van der Waals surface area (Å²) in [6.45, 7) is -0.315. The molecule has 12 heavy (non-hydrogen) atoms. The van der Waals surface area contributed by atoms with Crippen LogP contribution in [-0.2, 0) is 24.1 Å². The summed E-state index contributed by atoms with van der Waals surface area (Å²) in [6.07, 6.45) is 1.88. The minimum atomic E-state index is -0.423. The Kier molecular flexibility index (Phi) is 3.53. The largest absolute Gasteiger partial charge is 0.434 e. The molecule has 0 amide bonds. The minimum absolute atomic E-state index is 0.285. The highest BCUT2D eigenvalue weighted by Crippen LogP contribution is 2.05. The second kappa shape index (κ2) is 4.71. The van der Waals surface area contributed by atoms with Gasteiger partial charge >= 0.3 is 11.9 Å². The zero-order valence-electron chi connectivity index (χ0n) is 6.58. The predicted molar refractivity (Wildman–Crippen MR) is 36.6 cm³/mol. The second-order valence-corrected chi connectivity index (χ2v) is 2.41. The van der Waals surface area contributed by atoms with Crippen LogP contribution in [0.25, 0.3) is 0 Å². The Hall–Kier alpha value is -1.10. The average molecular weight is 174 g/mol. The van der Waals surface area contributed by atoms with Gasteiger partial charge < -0.3 is 4.74 Å². The molecule has 1 aliphatic heterocycles. The van der Waals surface area contributed by atoms with Gasteiger partial charge in [-0.3, -0.25) is 9.68 Å². The molecule has 0 aliphatic carbocycles. The van der Waals surface area contributed by atoms with Crippen LogP contribution in [0.3, 0.4) is 0 Å². The van der Waals surface area contributed by atoms with Crippen LogP contribution in [0.2, 0.25) is 0 Å². The van der Waals surface area contributed by atoms with Gasteiger partial charge in [0.1, 0.15) is 0 Å². The fraction of sp³-hybridized carbons (Fsp3) is 0.714. The van der Waals surface area contributed by atoms with Crippen molar-refractivity contribution in [1.82, 2.24) is 0 Å². The van der Waals surface area contributed by atoms with E-state index < -0.39 is 5.97 Å². The molecule has 1 fully saturated rings. The predicted octanol–water partition coefficient (Wildman–Crippen LogP) is 0.536. The highest BCUT2D eigenvalue weighted by atomic mass is 17.2. The fourth-order valence-electron chi connectivity index (χ4n) is 0.832. The van der Waals surface area contributed by atoms with Crippen molar-refractivity contribution in [2.75, 3.05) is 6.79 Å². The Bertz CT molecular complexity index is 141. The molecule has 1 heterocycles. The standard InChI is InChI=1S/C7H10O5/c8-6-3-1-2-4-7(9)12-11-5-10-6/h1-5H2. The van der Waals surface area contributed by atoms with Crippen LogP contribution in [-0.4, -0.2) is 18.7 Å². The number of ether oxygens (including phenoxy) is 1. The van der Waals surface area contributed by atoms with Gasteiger partial charge in [-0.05, 0) is 12.8 Å². The summed E-state index contributed by atoms with van der Waals surface area (Å²) in [7, 11) is 0. The third-order valence-corrected chi connectivity index (χ3v) is 1.43. The molecule has 0 atom stereocenters. The van der Waals surface area contributed by atoms with Crippen LogP contribution in [0, 0.1) is 0 Å². The fourth-order valence-corrected chi connectivity index (χ4v) is 0.832. The van der Waals surface area contributed by atoms with E-state index in [-0.39, 0.29) is 19.2 Å². The minimum Gasteiger partial charge on any atom is -0.434 e. The quantitative estimate of drug-likeness (QED) is 0.396. The number of carbonyl (C=O) groups is 2. The first-order valence-corrected chi connectivity index (χ1v) is 3.77. The lowest BCUT2D eigenvalue weighted by Gasteiger charge is -2.07. The highest BCUT2D eigenvalue weighted by Gasteiger charge is 2.09.